The van der Waals surface area contributed by atoms with E-state index >= 15 is 0 Å². The first-order chi connectivity index (χ1) is 12.5. The van der Waals surface area contributed by atoms with Crippen LogP contribution in [0.2, 0.25) is 0 Å². The highest BCUT2D eigenvalue weighted by molar-refractivity contribution is 5.94. The van der Waals surface area contributed by atoms with Crippen LogP contribution in [-0.2, 0) is 6.61 Å². The fourth-order valence-electron chi connectivity index (χ4n) is 3.50. The summed E-state index contributed by atoms with van der Waals surface area (Å²) in [6, 6.07) is 15.9. The van der Waals surface area contributed by atoms with Crippen molar-refractivity contribution >= 4 is 5.91 Å². The second kappa shape index (κ2) is 8.37. The van der Waals surface area contributed by atoms with Crippen LogP contribution in [0.5, 0.6) is 5.75 Å². The van der Waals surface area contributed by atoms with Crippen LogP contribution >= 0.6 is 0 Å². The maximum absolute atomic E-state index is 12.8. The predicted molar refractivity (Wildman–Crippen MR) is 104 cm³/mol. The Morgan fingerprint density at radius 3 is 2.62 bits per heavy atom. The third kappa shape index (κ3) is 4.64. The number of carbonyl (C=O) groups is 1. The highest BCUT2D eigenvalue weighted by atomic mass is 16.5. The van der Waals surface area contributed by atoms with Gasteiger partial charge in [-0.2, -0.15) is 0 Å². The first kappa shape index (κ1) is 18.5. The molecule has 0 radical (unpaired) electrons. The Bertz CT molecular complexity index is 749. The first-order valence-corrected chi connectivity index (χ1v) is 9.36. The molecule has 0 aliphatic carbocycles. The van der Waals surface area contributed by atoms with Gasteiger partial charge in [-0.3, -0.25) is 4.79 Å². The van der Waals surface area contributed by atoms with Crippen molar-refractivity contribution in [2.75, 3.05) is 13.1 Å². The summed E-state index contributed by atoms with van der Waals surface area (Å²) in [5, 5.41) is 0. The number of amides is 1. The molecule has 3 rings (SSSR count). The zero-order valence-corrected chi connectivity index (χ0v) is 15.7. The lowest BCUT2D eigenvalue weighted by atomic mass is 9.90. The van der Waals surface area contributed by atoms with Crippen LogP contribution in [0.4, 0.5) is 0 Å². The number of rotatable bonds is 5. The zero-order chi connectivity index (χ0) is 18.5. The number of carbonyl (C=O) groups excluding carboxylic acids is 1. The van der Waals surface area contributed by atoms with Crippen LogP contribution in [0.1, 0.15) is 41.3 Å². The summed E-state index contributed by atoms with van der Waals surface area (Å²) >= 11 is 0. The summed E-state index contributed by atoms with van der Waals surface area (Å²) in [4.78, 5) is 14.7. The van der Waals surface area contributed by atoms with Crippen molar-refractivity contribution in [3.05, 3.63) is 65.2 Å². The van der Waals surface area contributed by atoms with E-state index in [1.54, 1.807) is 0 Å². The Balaban J connectivity index is 1.61. The molecule has 4 heteroatoms. The van der Waals surface area contributed by atoms with E-state index in [1.807, 2.05) is 41.3 Å². The molecule has 0 aromatic heterocycles. The van der Waals surface area contributed by atoms with E-state index in [1.165, 1.54) is 5.56 Å². The Labute approximate surface area is 156 Å². The third-order valence-electron chi connectivity index (χ3n) is 5.14. The number of aryl methyl sites for hydroxylation is 1. The third-order valence-corrected chi connectivity index (χ3v) is 5.14. The highest BCUT2D eigenvalue weighted by Crippen LogP contribution is 2.22. The van der Waals surface area contributed by atoms with Crippen LogP contribution in [-0.4, -0.2) is 29.9 Å². The summed E-state index contributed by atoms with van der Waals surface area (Å²) < 4.78 is 5.89. The Morgan fingerprint density at radius 1 is 1.19 bits per heavy atom. The molecule has 138 valence electrons. The van der Waals surface area contributed by atoms with Gasteiger partial charge in [0.15, 0.2) is 0 Å². The van der Waals surface area contributed by atoms with E-state index in [2.05, 4.69) is 26.0 Å². The minimum atomic E-state index is 0.0779. The number of piperidine rings is 1. The van der Waals surface area contributed by atoms with E-state index in [4.69, 9.17) is 10.5 Å². The second-order valence-electron chi connectivity index (χ2n) is 7.29. The van der Waals surface area contributed by atoms with E-state index in [0.29, 0.717) is 18.1 Å². The molecule has 1 saturated heterocycles. The van der Waals surface area contributed by atoms with E-state index in [9.17, 15) is 4.79 Å². The van der Waals surface area contributed by atoms with Gasteiger partial charge in [-0.15, -0.1) is 0 Å². The lowest BCUT2D eigenvalue weighted by Crippen LogP contribution is -2.42. The van der Waals surface area contributed by atoms with Crippen LogP contribution in [0.15, 0.2) is 48.5 Å². The molecule has 1 heterocycles. The van der Waals surface area contributed by atoms with E-state index in [0.717, 1.165) is 37.2 Å². The molecule has 1 aliphatic heterocycles. The maximum atomic E-state index is 12.8. The number of hydrogen-bond donors (Lipinski definition) is 1. The van der Waals surface area contributed by atoms with E-state index < -0.39 is 0 Å². The number of hydrogen-bond acceptors (Lipinski definition) is 3. The van der Waals surface area contributed by atoms with Crippen LogP contribution in [0.25, 0.3) is 0 Å². The number of nitrogens with two attached hydrogens (primary N) is 1. The van der Waals surface area contributed by atoms with Gasteiger partial charge in [0.05, 0.1) is 0 Å². The van der Waals surface area contributed by atoms with Gasteiger partial charge in [0, 0.05) is 24.7 Å². The minimum absolute atomic E-state index is 0.0779. The number of benzene rings is 2. The molecule has 1 aliphatic rings. The molecule has 1 fully saturated rings. The van der Waals surface area contributed by atoms with Gasteiger partial charge in [-0.05, 0) is 56.4 Å². The lowest BCUT2D eigenvalue weighted by molar-refractivity contribution is 0.0680. The molecule has 4 nitrogen and oxygen atoms in total. The van der Waals surface area contributed by atoms with Crippen LogP contribution in [0.3, 0.4) is 0 Å². The number of nitrogens with zero attached hydrogens (tertiary/aromatic N) is 1. The molecule has 0 spiro atoms. The van der Waals surface area contributed by atoms with E-state index in [-0.39, 0.29) is 11.9 Å². The molecular weight excluding hydrogens is 324 g/mol. The second-order valence-corrected chi connectivity index (χ2v) is 7.29. The molecule has 1 atom stereocenters. The fraction of sp³-hybridized carbons (Fsp3) is 0.409. The number of ether oxygens (including phenoxy) is 1. The topological polar surface area (TPSA) is 55.6 Å². The van der Waals surface area contributed by atoms with Crippen LogP contribution < -0.4 is 10.5 Å². The van der Waals surface area contributed by atoms with Crippen molar-refractivity contribution in [3.63, 3.8) is 0 Å². The van der Waals surface area contributed by atoms with Gasteiger partial charge >= 0.3 is 0 Å². The van der Waals surface area contributed by atoms with Gasteiger partial charge < -0.3 is 15.4 Å². The molecule has 2 N–H and O–H groups in total. The van der Waals surface area contributed by atoms with Gasteiger partial charge in [-0.1, -0.05) is 35.9 Å². The molecule has 1 amide bonds. The fourth-order valence-corrected chi connectivity index (χ4v) is 3.50. The molecule has 2 aromatic carbocycles. The van der Waals surface area contributed by atoms with Crippen LogP contribution in [0, 0.1) is 12.8 Å². The van der Waals surface area contributed by atoms with Crippen molar-refractivity contribution in [1.82, 2.24) is 4.90 Å². The molecule has 2 aromatic rings. The van der Waals surface area contributed by atoms with Crippen molar-refractivity contribution in [1.29, 1.82) is 0 Å². The average Bonchev–Trinajstić information content (AvgIpc) is 2.66. The molecule has 0 bridgehead atoms. The quantitative estimate of drug-likeness (QED) is 0.891. The lowest BCUT2D eigenvalue weighted by Gasteiger charge is -2.33. The molecule has 0 saturated carbocycles. The predicted octanol–water partition coefficient (Wildman–Crippen LogP) is 3.77. The summed E-state index contributed by atoms with van der Waals surface area (Å²) in [5.74, 6) is 1.32. The minimum Gasteiger partial charge on any atom is -0.489 e. The Kier molecular flexibility index (Phi) is 5.94. The van der Waals surface area contributed by atoms with Crippen molar-refractivity contribution in [2.24, 2.45) is 11.7 Å². The number of likely N-dealkylation sites (tertiary alicyclic amines) is 1. The smallest absolute Gasteiger partial charge is 0.253 e. The molecule has 26 heavy (non-hydrogen) atoms. The van der Waals surface area contributed by atoms with Crippen molar-refractivity contribution in [2.45, 2.75) is 39.3 Å². The van der Waals surface area contributed by atoms with Gasteiger partial charge in [0.2, 0.25) is 0 Å². The highest BCUT2D eigenvalue weighted by Gasteiger charge is 2.25. The maximum Gasteiger partial charge on any atom is 0.253 e. The van der Waals surface area contributed by atoms with Gasteiger partial charge in [0.1, 0.15) is 12.4 Å². The monoisotopic (exact) mass is 352 g/mol. The Hall–Kier alpha value is -2.33. The van der Waals surface area contributed by atoms with Gasteiger partial charge in [-0.25, -0.2) is 0 Å². The Morgan fingerprint density at radius 2 is 1.92 bits per heavy atom. The molecule has 1 unspecified atom stereocenters. The molecular formula is C22H28N2O2. The summed E-state index contributed by atoms with van der Waals surface area (Å²) in [7, 11) is 0. The SMILES string of the molecule is Cc1cccc(COc2cccc(C(=O)N3CCC(C(C)N)CC3)c2)c1. The normalized spacial score (nSPS) is 16.3. The van der Waals surface area contributed by atoms with Crippen molar-refractivity contribution < 1.29 is 9.53 Å². The summed E-state index contributed by atoms with van der Waals surface area (Å²) in [5.41, 5.74) is 9.01. The summed E-state index contributed by atoms with van der Waals surface area (Å²) in [6.07, 6.45) is 1.96. The zero-order valence-electron chi connectivity index (χ0n) is 15.7. The standard InChI is InChI=1S/C22H28N2O2/c1-16-5-3-6-18(13-16)15-26-21-8-4-7-20(14-21)22(25)24-11-9-19(10-12-24)17(2)23/h3-8,13-14,17,19H,9-12,15,23H2,1-2H3. The van der Waals surface area contributed by atoms with Gasteiger partial charge in [0.25, 0.3) is 5.91 Å². The van der Waals surface area contributed by atoms with Crippen molar-refractivity contribution in [3.8, 4) is 5.75 Å². The first-order valence-electron chi connectivity index (χ1n) is 9.36. The largest absolute Gasteiger partial charge is 0.489 e. The summed E-state index contributed by atoms with van der Waals surface area (Å²) in [6.45, 7) is 6.17. The average molecular weight is 352 g/mol.